The summed E-state index contributed by atoms with van der Waals surface area (Å²) < 4.78 is 12.4. The topological polar surface area (TPSA) is 47.7 Å². The molecule has 0 saturated heterocycles. The minimum absolute atomic E-state index is 0.697. The fourth-order valence-electron chi connectivity index (χ4n) is 8.11. The number of rotatable bonds is 45. The van der Waals surface area contributed by atoms with E-state index >= 15 is 0 Å². The third-order valence-corrected chi connectivity index (χ3v) is 11.9. The van der Waals surface area contributed by atoms with E-state index in [9.17, 15) is 0 Å². The molecule has 1 unspecified atom stereocenters. The van der Waals surface area contributed by atoms with Gasteiger partial charge in [-0.1, -0.05) is 201 Å². The third kappa shape index (κ3) is 36.8. The Labute approximate surface area is 341 Å². The van der Waals surface area contributed by atoms with Crippen LogP contribution in [0.1, 0.15) is 240 Å². The van der Waals surface area contributed by atoms with Crippen LogP contribution in [0.5, 0.6) is 0 Å². The molecule has 0 aliphatic carbocycles. The van der Waals surface area contributed by atoms with Crippen molar-refractivity contribution in [2.45, 2.75) is 240 Å². The molecule has 0 aromatic carbocycles. The van der Waals surface area contributed by atoms with E-state index in [-0.39, 0.29) is 0 Å². The Morgan fingerprint density at radius 1 is 0.519 bits per heavy atom. The van der Waals surface area contributed by atoms with Crippen LogP contribution in [-0.4, -0.2) is 50.9 Å². The zero-order valence-corrected chi connectivity index (χ0v) is 37.9. The summed E-state index contributed by atoms with van der Waals surface area (Å²) >= 11 is 0. The highest BCUT2D eigenvalue weighted by atomic mass is 16.5. The summed E-state index contributed by atoms with van der Waals surface area (Å²) in [6.45, 7) is 22.8. The van der Waals surface area contributed by atoms with Crippen molar-refractivity contribution in [1.29, 1.82) is 0 Å². The predicted molar refractivity (Wildman–Crippen MR) is 242 cm³/mol. The molecule has 322 valence electrons. The van der Waals surface area contributed by atoms with Gasteiger partial charge < -0.3 is 20.1 Å². The Kier molecular flexibility index (Phi) is 42.7. The highest BCUT2D eigenvalue weighted by molar-refractivity contribution is 4.89. The zero-order valence-electron chi connectivity index (χ0n) is 37.9. The number of nitrogens with zero attached hydrogens (tertiary/aromatic N) is 1. The first-order valence-corrected chi connectivity index (χ1v) is 24.6. The number of hydrogen-bond acceptors (Lipinski definition) is 4. The molecule has 0 radical (unpaired) electrons. The lowest BCUT2D eigenvalue weighted by atomic mass is 9.92. The van der Waals surface area contributed by atoms with Crippen molar-refractivity contribution < 1.29 is 9.47 Å². The van der Waals surface area contributed by atoms with Crippen molar-refractivity contribution in [3.05, 3.63) is 18.1 Å². The number of nitrogens with two attached hydrogens (primary N) is 1. The van der Waals surface area contributed by atoms with Crippen LogP contribution in [0.15, 0.2) is 18.1 Å². The van der Waals surface area contributed by atoms with E-state index in [4.69, 9.17) is 15.2 Å². The minimum Gasteiger partial charge on any atom is -0.490 e. The SMILES string of the molecule is C=C=C(CCCCCCCN(CCCN)CCCCCCCCC(C)COCCC(CCCCC)CCCCC)OCCC(CCCCC)CCCCC. The van der Waals surface area contributed by atoms with Gasteiger partial charge in [-0.25, -0.2) is 0 Å². The first-order valence-electron chi connectivity index (χ1n) is 24.6. The highest BCUT2D eigenvalue weighted by Crippen LogP contribution is 2.23. The molecule has 54 heavy (non-hydrogen) atoms. The smallest absolute Gasteiger partial charge is 0.137 e. The van der Waals surface area contributed by atoms with Crippen LogP contribution in [0, 0.1) is 17.8 Å². The second-order valence-electron chi connectivity index (χ2n) is 17.3. The summed E-state index contributed by atoms with van der Waals surface area (Å²) in [6.07, 6.45) is 42.4. The van der Waals surface area contributed by atoms with Gasteiger partial charge in [0, 0.05) is 19.6 Å². The summed E-state index contributed by atoms with van der Waals surface area (Å²) in [5.74, 6) is 3.40. The van der Waals surface area contributed by atoms with Gasteiger partial charge >= 0.3 is 0 Å². The summed E-state index contributed by atoms with van der Waals surface area (Å²) in [5, 5.41) is 0. The molecule has 0 aliphatic rings. The summed E-state index contributed by atoms with van der Waals surface area (Å²) in [7, 11) is 0. The van der Waals surface area contributed by atoms with E-state index in [1.54, 1.807) is 0 Å². The van der Waals surface area contributed by atoms with Gasteiger partial charge in [-0.2, -0.15) is 0 Å². The van der Waals surface area contributed by atoms with Gasteiger partial charge in [0.1, 0.15) is 5.76 Å². The third-order valence-electron chi connectivity index (χ3n) is 11.9. The highest BCUT2D eigenvalue weighted by Gasteiger charge is 2.11. The number of hydrogen-bond donors (Lipinski definition) is 1. The molecule has 0 saturated carbocycles. The van der Waals surface area contributed by atoms with Crippen molar-refractivity contribution in [3.63, 3.8) is 0 Å². The van der Waals surface area contributed by atoms with E-state index in [0.717, 1.165) is 63.3 Å². The average Bonchev–Trinajstić information content (AvgIpc) is 3.17. The fraction of sp³-hybridized carbons (Fsp3) is 0.940. The Morgan fingerprint density at radius 3 is 1.43 bits per heavy atom. The zero-order chi connectivity index (χ0) is 39.6. The minimum atomic E-state index is 0.697. The molecule has 0 rings (SSSR count). The number of unbranched alkanes of at least 4 members (excludes halogenated alkanes) is 17. The average molecular weight is 761 g/mol. The van der Waals surface area contributed by atoms with Gasteiger partial charge in [-0.15, -0.1) is 0 Å². The molecule has 0 fully saturated rings. The van der Waals surface area contributed by atoms with Crippen LogP contribution in [-0.2, 0) is 9.47 Å². The second kappa shape index (κ2) is 43.3. The van der Waals surface area contributed by atoms with Crippen LogP contribution in [0.4, 0.5) is 0 Å². The molecule has 0 aromatic rings. The van der Waals surface area contributed by atoms with Gasteiger partial charge in [0.2, 0.25) is 0 Å². The van der Waals surface area contributed by atoms with E-state index in [1.165, 1.54) is 206 Å². The van der Waals surface area contributed by atoms with Crippen LogP contribution < -0.4 is 5.73 Å². The Hall–Kier alpha value is -0.800. The van der Waals surface area contributed by atoms with Gasteiger partial charge in [0.25, 0.3) is 0 Å². The molecule has 0 amide bonds. The van der Waals surface area contributed by atoms with E-state index in [2.05, 4.69) is 51.8 Å². The molecular weight excluding hydrogens is 661 g/mol. The molecule has 0 heterocycles. The maximum atomic E-state index is 6.18. The summed E-state index contributed by atoms with van der Waals surface area (Å²) in [4.78, 5) is 2.69. The Balaban J connectivity index is 4.00. The van der Waals surface area contributed by atoms with Gasteiger partial charge in [0.15, 0.2) is 0 Å². The lowest BCUT2D eigenvalue weighted by Crippen LogP contribution is -2.28. The number of ether oxygens (including phenoxy) is 2. The van der Waals surface area contributed by atoms with Crippen molar-refractivity contribution in [3.8, 4) is 0 Å². The molecule has 0 aliphatic heterocycles. The largest absolute Gasteiger partial charge is 0.490 e. The molecule has 0 bridgehead atoms. The van der Waals surface area contributed by atoms with E-state index < -0.39 is 0 Å². The lowest BCUT2D eigenvalue weighted by Gasteiger charge is -2.22. The molecule has 2 N–H and O–H groups in total. The van der Waals surface area contributed by atoms with E-state index in [0.29, 0.717) is 5.92 Å². The molecule has 4 nitrogen and oxygen atoms in total. The van der Waals surface area contributed by atoms with Gasteiger partial charge in [-0.05, 0) is 88.9 Å². The first kappa shape index (κ1) is 53.2. The van der Waals surface area contributed by atoms with Gasteiger partial charge in [-0.3, -0.25) is 0 Å². The lowest BCUT2D eigenvalue weighted by molar-refractivity contribution is 0.0875. The number of allylic oxidation sites excluding steroid dienone is 1. The quantitative estimate of drug-likeness (QED) is 0.0381. The monoisotopic (exact) mass is 761 g/mol. The molecule has 1 atom stereocenters. The molecule has 0 spiro atoms. The van der Waals surface area contributed by atoms with Crippen LogP contribution in [0.2, 0.25) is 0 Å². The van der Waals surface area contributed by atoms with Crippen LogP contribution in [0.25, 0.3) is 0 Å². The van der Waals surface area contributed by atoms with Crippen molar-refractivity contribution in [1.82, 2.24) is 4.90 Å². The fourth-order valence-corrected chi connectivity index (χ4v) is 8.11. The predicted octanol–water partition coefficient (Wildman–Crippen LogP) is 15.4. The summed E-state index contributed by atoms with van der Waals surface area (Å²) in [5.41, 5.74) is 9.00. The first-order chi connectivity index (χ1) is 26.5. The maximum Gasteiger partial charge on any atom is 0.137 e. The standard InChI is InChI=1S/C50H100N2O2/c1-7-12-23-33-48(34-24-13-8-2)38-44-53-46-47(6)32-27-19-16-17-21-29-41-52(43-31-40-51)42-30-22-18-20-28-37-50(11-5)54-45-39-49(35-25-14-9-3)36-26-15-10-4/h47-49H,5,7-10,12-46,51H2,1-4,6H3. The molecule has 0 aromatic heterocycles. The Bertz CT molecular complexity index is 761. The normalized spacial score (nSPS) is 12.3. The molecule has 4 heteroatoms. The van der Waals surface area contributed by atoms with Crippen LogP contribution in [0.3, 0.4) is 0 Å². The maximum absolute atomic E-state index is 6.18. The van der Waals surface area contributed by atoms with Crippen LogP contribution >= 0.6 is 0 Å². The van der Waals surface area contributed by atoms with E-state index in [1.807, 2.05) is 0 Å². The van der Waals surface area contributed by atoms with Crippen molar-refractivity contribution >= 4 is 0 Å². The Morgan fingerprint density at radius 2 is 0.944 bits per heavy atom. The van der Waals surface area contributed by atoms with Gasteiger partial charge in [0.05, 0.1) is 6.61 Å². The van der Waals surface area contributed by atoms with Crippen molar-refractivity contribution in [2.24, 2.45) is 23.5 Å². The molecular formula is C50H100N2O2. The van der Waals surface area contributed by atoms with Crippen molar-refractivity contribution in [2.75, 3.05) is 46.0 Å². The summed E-state index contributed by atoms with van der Waals surface area (Å²) in [6, 6.07) is 0. The second-order valence-corrected chi connectivity index (χ2v) is 17.3.